The van der Waals surface area contributed by atoms with Gasteiger partial charge in [0.25, 0.3) is 0 Å². The minimum atomic E-state index is -6.94. The maximum Gasteiger partial charge on any atom is 0.458 e. The zero-order valence-electron chi connectivity index (χ0n) is 8.35. The molecule has 0 radical (unpaired) electrons. The Balaban J connectivity index is 3.44. The standard InChI is InChI=1S/C6F12O2/c7-1(3(9,10)11)5(15,16)20-2(8,4(12,13)14)6(17,18)19-1. The highest BCUT2D eigenvalue weighted by molar-refractivity contribution is 5.00. The second kappa shape index (κ2) is 3.84. The van der Waals surface area contributed by atoms with Crippen molar-refractivity contribution in [3.63, 3.8) is 0 Å². The van der Waals surface area contributed by atoms with E-state index in [1.807, 2.05) is 0 Å². The minimum Gasteiger partial charge on any atom is -0.263 e. The van der Waals surface area contributed by atoms with Crippen molar-refractivity contribution in [1.29, 1.82) is 0 Å². The minimum absolute atomic E-state index is 1.79. The Morgan fingerprint density at radius 3 is 0.850 bits per heavy atom. The molecule has 14 heteroatoms. The Morgan fingerprint density at radius 1 is 0.500 bits per heavy atom. The van der Waals surface area contributed by atoms with Gasteiger partial charge in [-0.05, 0) is 0 Å². The third-order valence-electron chi connectivity index (χ3n) is 2.02. The molecule has 1 fully saturated rings. The van der Waals surface area contributed by atoms with Crippen LogP contribution in [0, 0.1) is 0 Å². The molecule has 120 valence electrons. The van der Waals surface area contributed by atoms with Gasteiger partial charge in [-0.15, -0.1) is 0 Å². The molecule has 0 aromatic rings. The molecule has 0 N–H and O–H groups in total. The quantitative estimate of drug-likeness (QED) is 0.630. The molecule has 0 spiro atoms. The zero-order chi connectivity index (χ0) is 16.4. The van der Waals surface area contributed by atoms with Crippen LogP contribution in [0.2, 0.25) is 0 Å². The first-order valence-corrected chi connectivity index (χ1v) is 4.08. The van der Waals surface area contributed by atoms with E-state index in [4.69, 9.17) is 0 Å². The van der Waals surface area contributed by atoms with Gasteiger partial charge in [0.15, 0.2) is 0 Å². The summed E-state index contributed by atoms with van der Waals surface area (Å²) in [6.45, 7) is 0. The van der Waals surface area contributed by atoms with Crippen LogP contribution in [0.5, 0.6) is 0 Å². The van der Waals surface area contributed by atoms with Crippen LogP contribution in [0.3, 0.4) is 0 Å². The molecule has 0 aliphatic carbocycles. The lowest BCUT2D eigenvalue weighted by atomic mass is 10.1. The summed E-state index contributed by atoms with van der Waals surface area (Å²) < 4.78 is 151. The highest BCUT2D eigenvalue weighted by atomic mass is 19.4. The van der Waals surface area contributed by atoms with Crippen molar-refractivity contribution in [3.05, 3.63) is 0 Å². The van der Waals surface area contributed by atoms with Gasteiger partial charge in [-0.2, -0.15) is 52.7 Å². The topological polar surface area (TPSA) is 18.5 Å². The van der Waals surface area contributed by atoms with Crippen LogP contribution in [-0.4, -0.2) is 36.3 Å². The zero-order valence-corrected chi connectivity index (χ0v) is 8.35. The maximum atomic E-state index is 12.8. The lowest BCUT2D eigenvalue weighted by molar-refractivity contribution is -0.618. The van der Waals surface area contributed by atoms with Gasteiger partial charge in [-0.3, -0.25) is 9.47 Å². The Morgan fingerprint density at radius 2 is 0.700 bits per heavy atom. The van der Waals surface area contributed by atoms with Gasteiger partial charge in [-0.25, -0.2) is 0 Å². The summed E-state index contributed by atoms with van der Waals surface area (Å²) in [5.41, 5.74) is 0. The van der Waals surface area contributed by atoms with Crippen molar-refractivity contribution in [2.24, 2.45) is 0 Å². The summed E-state index contributed by atoms with van der Waals surface area (Å²) in [4.78, 5) is 0. The van der Waals surface area contributed by atoms with Crippen molar-refractivity contribution in [2.45, 2.75) is 36.3 Å². The molecule has 1 saturated heterocycles. The molecule has 0 aromatic heterocycles. The molecule has 20 heavy (non-hydrogen) atoms. The molecule has 2 atom stereocenters. The number of halogens is 12. The molecule has 1 rings (SSSR count). The number of ether oxygens (including phenoxy) is 2. The monoisotopic (exact) mass is 332 g/mol. The fourth-order valence-corrected chi connectivity index (χ4v) is 1.05. The molecule has 2 nitrogen and oxygen atoms in total. The first-order valence-electron chi connectivity index (χ1n) is 4.08. The number of hydrogen-bond donors (Lipinski definition) is 0. The summed E-state index contributed by atoms with van der Waals surface area (Å²) in [5.74, 6) is -13.4. The molecular weight excluding hydrogens is 332 g/mol. The summed E-state index contributed by atoms with van der Waals surface area (Å²) in [6, 6.07) is 0. The molecule has 0 aromatic carbocycles. The average molecular weight is 332 g/mol. The van der Waals surface area contributed by atoms with Crippen molar-refractivity contribution < 1.29 is 62.2 Å². The lowest BCUT2D eigenvalue weighted by Crippen LogP contribution is -2.75. The van der Waals surface area contributed by atoms with Crippen LogP contribution < -0.4 is 0 Å². The van der Waals surface area contributed by atoms with Crippen LogP contribution in [0.25, 0.3) is 0 Å². The smallest absolute Gasteiger partial charge is 0.263 e. The molecule has 1 aliphatic heterocycles. The van der Waals surface area contributed by atoms with Crippen LogP contribution >= 0.6 is 0 Å². The molecule has 0 saturated carbocycles. The molecular formula is C6F12O2. The van der Waals surface area contributed by atoms with Gasteiger partial charge in [-0.1, -0.05) is 0 Å². The number of hydrogen-bond acceptors (Lipinski definition) is 2. The normalized spacial score (nSPS) is 37.8. The van der Waals surface area contributed by atoms with Crippen LogP contribution in [0.15, 0.2) is 0 Å². The molecule has 1 aliphatic rings. The van der Waals surface area contributed by atoms with E-state index in [0.717, 1.165) is 0 Å². The van der Waals surface area contributed by atoms with Crippen molar-refractivity contribution in [1.82, 2.24) is 0 Å². The number of rotatable bonds is 0. The lowest BCUT2D eigenvalue weighted by Gasteiger charge is -2.46. The van der Waals surface area contributed by atoms with Gasteiger partial charge in [0, 0.05) is 0 Å². The van der Waals surface area contributed by atoms with Gasteiger partial charge < -0.3 is 0 Å². The Labute approximate surface area is 99.8 Å². The van der Waals surface area contributed by atoms with Crippen LogP contribution in [0.4, 0.5) is 52.7 Å². The van der Waals surface area contributed by atoms with Gasteiger partial charge in [0.2, 0.25) is 0 Å². The molecule has 0 bridgehead atoms. The third-order valence-corrected chi connectivity index (χ3v) is 2.02. The van der Waals surface area contributed by atoms with Gasteiger partial charge in [0.05, 0.1) is 0 Å². The van der Waals surface area contributed by atoms with E-state index < -0.39 is 36.3 Å². The maximum absolute atomic E-state index is 12.8. The summed E-state index contributed by atoms with van der Waals surface area (Å²) >= 11 is 0. The highest BCUT2D eigenvalue weighted by Crippen LogP contribution is 2.61. The first kappa shape index (κ1) is 17.1. The SMILES string of the molecule is FC(F)(F)C1(F)OC(F)(F)C(F)(C(F)(F)F)OC1(F)F. The van der Waals surface area contributed by atoms with E-state index in [-0.39, 0.29) is 0 Å². The van der Waals surface area contributed by atoms with Crippen molar-refractivity contribution in [3.8, 4) is 0 Å². The number of alkyl halides is 12. The third kappa shape index (κ3) is 1.99. The fourth-order valence-electron chi connectivity index (χ4n) is 1.05. The Bertz CT molecular complexity index is 360. The van der Waals surface area contributed by atoms with Gasteiger partial charge in [0.1, 0.15) is 0 Å². The summed E-state index contributed by atoms with van der Waals surface area (Å²) in [5, 5.41) is 0. The van der Waals surface area contributed by atoms with E-state index >= 15 is 0 Å². The molecule has 0 amide bonds. The van der Waals surface area contributed by atoms with Gasteiger partial charge >= 0.3 is 36.3 Å². The van der Waals surface area contributed by atoms with Crippen molar-refractivity contribution >= 4 is 0 Å². The van der Waals surface area contributed by atoms with Crippen LogP contribution in [-0.2, 0) is 9.47 Å². The molecule has 1 heterocycles. The predicted molar refractivity (Wildman–Crippen MR) is 31.9 cm³/mol. The largest absolute Gasteiger partial charge is 0.458 e. The predicted octanol–water partition coefficient (Wildman–Crippen LogP) is 3.67. The van der Waals surface area contributed by atoms with E-state index in [0.29, 0.717) is 0 Å². The first-order chi connectivity index (χ1) is 8.41. The Hall–Kier alpha value is -0.920. The van der Waals surface area contributed by atoms with E-state index in [1.165, 1.54) is 0 Å². The van der Waals surface area contributed by atoms with Crippen molar-refractivity contribution in [2.75, 3.05) is 0 Å². The van der Waals surface area contributed by atoms with E-state index in [9.17, 15) is 52.7 Å². The fraction of sp³-hybridized carbons (Fsp3) is 1.00. The van der Waals surface area contributed by atoms with E-state index in [1.54, 1.807) is 9.47 Å². The summed E-state index contributed by atoms with van der Waals surface area (Å²) in [7, 11) is 0. The second-order valence-corrected chi connectivity index (χ2v) is 3.42. The second-order valence-electron chi connectivity index (χ2n) is 3.42. The molecule has 2 unspecified atom stereocenters. The highest BCUT2D eigenvalue weighted by Gasteiger charge is 2.90. The van der Waals surface area contributed by atoms with E-state index in [2.05, 4.69) is 0 Å². The Kier molecular flexibility index (Phi) is 3.29. The van der Waals surface area contributed by atoms with Crippen LogP contribution in [0.1, 0.15) is 0 Å². The summed E-state index contributed by atoms with van der Waals surface area (Å²) in [6.07, 6.45) is -27.3. The average Bonchev–Trinajstić information content (AvgIpc) is 2.09.